The summed E-state index contributed by atoms with van der Waals surface area (Å²) in [4.78, 5) is 10.7. The van der Waals surface area contributed by atoms with E-state index in [4.69, 9.17) is 4.74 Å². The number of nitro groups is 1. The zero-order chi connectivity index (χ0) is 14.5. The Labute approximate surface area is 124 Å². The van der Waals surface area contributed by atoms with E-state index in [1.807, 2.05) is 24.3 Å². The van der Waals surface area contributed by atoms with Gasteiger partial charge in [-0.15, -0.1) is 0 Å². The number of anilines is 2. The molecule has 0 atom stereocenters. The van der Waals surface area contributed by atoms with Crippen molar-refractivity contribution in [2.75, 3.05) is 12.4 Å². The second kappa shape index (κ2) is 6.49. The minimum Gasteiger partial charge on any atom is -0.380 e. The first-order chi connectivity index (χ1) is 9.61. The van der Waals surface area contributed by atoms with Crippen molar-refractivity contribution in [1.29, 1.82) is 0 Å². The standard InChI is InChI=1S/C14H13BrN2O3/c1-20-9-10-4-2-3-5-12(10)16-13-7-6-11(15)8-14(13)17(18)19/h2-8,16H,9H2,1H3. The maximum Gasteiger partial charge on any atom is 0.293 e. The largest absolute Gasteiger partial charge is 0.380 e. The summed E-state index contributed by atoms with van der Waals surface area (Å²) in [6.45, 7) is 0.438. The molecule has 2 aromatic rings. The lowest BCUT2D eigenvalue weighted by Crippen LogP contribution is -2.00. The molecule has 0 heterocycles. The second-order valence-electron chi connectivity index (χ2n) is 4.13. The summed E-state index contributed by atoms with van der Waals surface area (Å²) < 4.78 is 5.79. The fourth-order valence-electron chi connectivity index (χ4n) is 1.83. The van der Waals surface area contributed by atoms with Crippen LogP contribution in [0.5, 0.6) is 0 Å². The molecule has 0 aliphatic rings. The van der Waals surface area contributed by atoms with E-state index in [0.29, 0.717) is 16.8 Å². The van der Waals surface area contributed by atoms with E-state index < -0.39 is 4.92 Å². The van der Waals surface area contributed by atoms with Gasteiger partial charge in [-0.1, -0.05) is 34.1 Å². The van der Waals surface area contributed by atoms with E-state index in [9.17, 15) is 10.1 Å². The normalized spacial score (nSPS) is 10.3. The van der Waals surface area contributed by atoms with E-state index in [1.165, 1.54) is 6.07 Å². The van der Waals surface area contributed by atoms with E-state index >= 15 is 0 Å². The number of hydrogen-bond acceptors (Lipinski definition) is 4. The first kappa shape index (κ1) is 14.5. The molecule has 0 aliphatic carbocycles. The summed E-state index contributed by atoms with van der Waals surface area (Å²) in [7, 11) is 1.61. The van der Waals surface area contributed by atoms with E-state index in [2.05, 4.69) is 21.2 Å². The summed E-state index contributed by atoms with van der Waals surface area (Å²) >= 11 is 3.24. The topological polar surface area (TPSA) is 64.4 Å². The summed E-state index contributed by atoms with van der Waals surface area (Å²) in [5, 5.41) is 14.2. The van der Waals surface area contributed by atoms with Crippen LogP contribution >= 0.6 is 15.9 Å². The van der Waals surface area contributed by atoms with Crippen LogP contribution < -0.4 is 5.32 Å². The molecule has 0 fully saturated rings. The molecular weight excluding hydrogens is 324 g/mol. The van der Waals surface area contributed by atoms with Gasteiger partial charge in [-0.3, -0.25) is 10.1 Å². The quantitative estimate of drug-likeness (QED) is 0.654. The predicted octanol–water partition coefficient (Wildman–Crippen LogP) is 4.25. The lowest BCUT2D eigenvalue weighted by molar-refractivity contribution is -0.384. The molecular formula is C14H13BrN2O3. The van der Waals surface area contributed by atoms with Crippen molar-refractivity contribution >= 4 is 33.0 Å². The Balaban J connectivity index is 2.37. The van der Waals surface area contributed by atoms with Gasteiger partial charge in [-0.05, 0) is 18.2 Å². The minimum atomic E-state index is -0.411. The van der Waals surface area contributed by atoms with Crippen molar-refractivity contribution in [2.24, 2.45) is 0 Å². The minimum absolute atomic E-state index is 0.0200. The highest BCUT2D eigenvalue weighted by atomic mass is 79.9. The van der Waals surface area contributed by atoms with E-state index in [0.717, 1.165) is 11.3 Å². The number of nitro benzene ring substituents is 1. The van der Waals surface area contributed by atoms with Gasteiger partial charge < -0.3 is 10.1 Å². The summed E-state index contributed by atoms with van der Waals surface area (Å²) in [5.41, 5.74) is 2.19. The van der Waals surface area contributed by atoms with Gasteiger partial charge in [0.1, 0.15) is 5.69 Å². The fourth-order valence-corrected chi connectivity index (χ4v) is 2.18. The van der Waals surface area contributed by atoms with Crippen molar-refractivity contribution in [3.8, 4) is 0 Å². The van der Waals surface area contributed by atoms with Crippen LogP contribution in [0.25, 0.3) is 0 Å². The van der Waals surface area contributed by atoms with Crippen LogP contribution in [0.3, 0.4) is 0 Å². The molecule has 0 unspecified atom stereocenters. The van der Waals surface area contributed by atoms with Gasteiger partial charge in [0.05, 0.1) is 11.5 Å². The smallest absolute Gasteiger partial charge is 0.293 e. The Morgan fingerprint density at radius 1 is 1.25 bits per heavy atom. The van der Waals surface area contributed by atoms with Crippen LogP contribution in [0.2, 0.25) is 0 Å². The molecule has 0 radical (unpaired) electrons. The maximum absolute atomic E-state index is 11.1. The summed E-state index contributed by atoms with van der Waals surface area (Å²) in [5.74, 6) is 0. The van der Waals surface area contributed by atoms with E-state index in [-0.39, 0.29) is 5.69 Å². The fraction of sp³-hybridized carbons (Fsp3) is 0.143. The monoisotopic (exact) mass is 336 g/mol. The van der Waals surface area contributed by atoms with Crippen molar-refractivity contribution in [2.45, 2.75) is 6.61 Å². The lowest BCUT2D eigenvalue weighted by atomic mass is 10.1. The van der Waals surface area contributed by atoms with Crippen LogP contribution in [-0.2, 0) is 11.3 Å². The van der Waals surface area contributed by atoms with Gasteiger partial charge in [0.15, 0.2) is 0 Å². The van der Waals surface area contributed by atoms with Crippen LogP contribution in [0, 0.1) is 10.1 Å². The Kier molecular flexibility index (Phi) is 4.70. The molecule has 0 saturated carbocycles. The Bertz CT molecular complexity index is 632. The molecule has 20 heavy (non-hydrogen) atoms. The Hall–Kier alpha value is -1.92. The third kappa shape index (κ3) is 3.34. The molecule has 0 bridgehead atoms. The van der Waals surface area contributed by atoms with Crippen LogP contribution in [-0.4, -0.2) is 12.0 Å². The predicted molar refractivity (Wildman–Crippen MR) is 81.2 cm³/mol. The van der Waals surface area contributed by atoms with Crippen LogP contribution in [0.1, 0.15) is 5.56 Å². The number of methoxy groups -OCH3 is 1. The van der Waals surface area contributed by atoms with Gasteiger partial charge in [-0.2, -0.15) is 0 Å². The van der Waals surface area contributed by atoms with Gasteiger partial charge in [-0.25, -0.2) is 0 Å². The zero-order valence-electron chi connectivity index (χ0n) is 10.8. The van der Waals surface area contributed by atoms with Gasteiger partial charge in [0.25, 0.3) is 5.69 Å². The van der Waals surface area contributed by atoms with Crippen LogP contribution in [0.4, 0.5) is 17.1 Å². The molecule has 5 nitrogen and oxygen atoms in total. The molecule has 6 heteroatoms. The maximum atomic E-state index is 11.1. The molecule has 2 aromatic carbocycles. The van der Waals surface area contributed by atoms with Crippen molar-refractivity contribution < 1.29 is 9.66 Å². The first-order valence-corrected chi connectivity index (χ1v) is 6.69. The molecule has 0 saturated heterocycles. The molecule has 0 amide bonds. The molecule has 0 spiro atoms. The summed E-state index contributed by atoms with van der Waals surface area (Å²) in [6, 6.07) is 12.4. The highest BCUT2D eigenvalue weighted by Gasteiger charge is 2.15. The second-order valence-corrected chi connectivity index (χ2v) is 5.05. The highest BCUT2D eigenvalue weighted by Crippen LogP contribution is 2.31. The number of rotatable bonds is 5. The van der Waals surface area contributed by atoms with Crippen molar-refractivity contribution in [3.63, 3.8) is 0 Å². The third-order valence-corrected chi connectivity index (χ3v) is 3.24. The number of hydrogen-bond donors (Lipinski definition) is 1. The number of halogens is 1. The van der Waals surface area contributed by atoms with Gasteiger partial charge in [0, 0.05) is 28.9 Å². The highest BCUT2D eigenvalue weighted by molar-refractivity contribution is 9.10. The summed E-state index contributed by atoms with van der Waals surface area (Å²) in [6.07, 6.45) is 0. The molecule has 1 N–H and O–H groups in total. The number of nitrogens with one attached hydrogen (secondary N) is 1. The van der Waals surface area contributed by atoms with E-state index in [1.54, 1.807) is 19.2 Å². The average molecular weight is 337 g/mol. The number of para-hydroxylation sites is 1. The third-order valence-electron chi connectivity index (χ3n) is 2.74. The van der Waals surface area contributed by atoms with Crippen molar-refractivity contribution in [1.82, 2.24) is 0 Å². The Morgan fingerprint density at radius 2 is 2.00 bits per heavy atom. The average Bonchev–Trinajstić information content (AvgIpc) is 2.43. The molecule has 2 rings (SSSR count). The lowest BCUT2D eigenvalue weighted by Gasteiger charge is -2.11. The van der Waals surface area contributed by atoms with Crippen LogP contribution in [0.15, 0.2) is 46.9 Å². The van der Waals surface area contributed by atoms with Gasteiger partial charge >= 0.3 is 0 Å². The molecule has 0 aliphatic heterocycles. The zero-order valence-corrected chi connectivity index (χ0v) is 12.4. The number of nitrogens with zero attached hydrogens (tertiary/aromatic N) is 1. The first-order valence-electron chi connectivity index (χ1n) is 5.89. The molecule has 104 valence electrons. The Morgan fingerprint density at radius 3 is 2.70 bits per heavy atom. The number of benzene rings is 2. The van der Waals surface area contributed by atoms with Gasteiger partial charge in [0.2, 0.25) is 0 Å². The number of ether oxygens (including phenoxy) is 1. The van der Waals surface area contributed by atoms with Crippen molar-refractivity contribution in [3.05, 3.63) is 62.6 Å². The molecule has 0 aromatic heterocycles. The SMILES string of the molecule is COCc1ccccc1Nc1ccc(Br)cc1[N+](=O)[O-].